The number of benzene rings is 2. The number of nitrogens with zero attached hydrogens (tertiary/aromatic N) is 1. The van der Waals surface area contributed by atoms with Gasteiger partial charge in [0, 0.05) is 24.3 Å². The Bertz CT molecular complexity index is 781. The minimum absolute atomic E-state index is 0.0550. The first-order chi connectivity index (χ1) is 13.6. The lowest BCUT2D eigenvalue weighted by Gasteiger charge is -2.36. The molecule has 1 fully saturated rings. The summed E-state index contributed by atoms with van der Waals surface area (Å²) in [4.78, 5) is 4.70. The first-order valence-electron chi connectivity index (χ1n) is 10.1. The number of ether oxygens (including phenoxy) is 2. The maximum absolute atomic E-state index is 6.20. The monoisotopic (exact) mass is 381 g/mol. The maximum atomic E-state index is 6.20. The number of rotatable bonds is 7. The third kappa shape index (κ3) is 5.04. The number of guanidine groups is 1. The van der Waals surface area contributed by atoms with Gasteiger partial charge in [0.15, 0.2) is 5.96 Å². The van der Waals surface area contributed by atoms with E-state index in [2.05, 4.69) is 36.5 Å². The molecule has 28 heavy (non-hydrogen) atoms. The number of hydrogen-bond acceptors (Lipinski definition) is 3. The Labute approximate surface area is 168 Å². The van der Waals surface area contributed by atoms with Crippen LogP contribution in [-0.2, 0) is 16.6 Å². The van der Waals surface area contributed by atoms with Crippen LogP contribution in [0.25, 0.3) is 0 Å². The van der Waals surface area contributed by atoms with Crippen LogP contribution in [0.1, 0.15) is 37.8 Å². The van der Waals surface area contributed by atoms with Gasteiger partial charge in [0.2, 0.25) is 0 Å². The average Bonchev–Trinajstić information content (AvgIpc) is 2.74. The van der Waals surface area contributed by atoms with Crippen molar-refractivity contribution in [1.82, 2.24) is 0 Å². The van der Waals surface area contributed by atoms with Crippen LogP contribution in [-0.4, -0.2) is 32.3 Å². The minimum Gasteiger partial charge on any atom is -0.494 e. The van der Waals surface area contributed by atoms with Crippen molar-refractivity contribution >= 4 is 11.6 Å². The summed E-state index contributed by atoms with van der Waals surface area (Å²) in [6, 6.07) is 16.7. The summed E-state index contributed by atoms with van der Waals surface area (Å²) in [5, 5.41) is 3.23. The van der Waals surface area contributed by atoms with Crippen LogP contribution >= 0.6 is 0 Å². The minimum atomic E-state index is -0.0550. The predicted molar refractivity (Wildman–Crippen MR) is 115 cm³/mol. The molecule has 0 bridgehead atoms. The molecule has 2 aromatic carbocycles. The summed E-state index contributed by atoms with van der Waals surface area (Å²) in [5.74, 6) is 1.35. The lowest BCUT2D eigenvalue weighted by atomic mass is 9.74. The smallest absolute Gasteiger partial charge is 0.193 e. The Hall–Kier alpha value is -2.53. The van der Waals surface area contributed by atoms with Gasteiger partial charge in [0.25, 0.3) is 0 Å². The van der Waals surface area contributed by atoms with Crippen molar-refractivity contribution < 1.29 is 9.47 Å². The molecule has 2 aromatic rings. The van der Waals surface area contributed by atoms with Crippen LogP contribution in [0.4, 0.5) is 5.69 Å². The molecule has 0 amide bonds. The fourth-order valence-electron chi connectivity index (χ4n) is 3.66. The van der Waals surface area contributed by atoms with E-state index in [4.69, 9.17) is 20.2 Å². The lowest BCUT2D eigenvalue weighted by molar-refractivity contribution is 0.0531. The Morgan fingerprint density at radius 3 is 2.57 bits per heavy atom. The second-order valence-electron chi connectivity index (χ2n) is 7.23. The van der Waals surface area contributed by atoms with Crippen molar-refractivity contribution in [2.45, 2.75) is 38.5 Å². The number of aryl methyl sites for hydroxylation is 1. The number of hydrogen-bond donors (Lipinski definition) is 2. The Morgan fingerprint density at radius 1 is 1.14 bits per heavy atom. The summed E-state index contributed by atoms with van der Waals surface area (Å²) in [7, 11) is 0. The van der Waals surface area contributed by atoms with E-state index in [0.717, 1.165) is 43.9 Å². The fraction of sp³-hybridized carbons (Fsp3) is 0.435. The molecule has 0 aliphatic carbocycles. The van der Waals surface area contributed by atoms with Crippen molar-refractivity contribution in [3.05, 3.63) is 59.7 Å². The summed E-state index contributed by atoms with van der Waals surface area (Å²) in [6.07, 6.45) is 2.86. The third-order valence-corrected chi connectivity index (χ3v) is 5.39. The first kappa shape index (κ1) is 20.2. The zero-order chi connectivity index (χ0) is 19.8. The van der Waals surface area contributed by atoms with Gasteiger partial charge in [-0.2, -0.15) is 0 Å². The highest BCUT2D eigenvalue weighted by Crippen LogP contribution is 2.36. The van der Waals surface area contributed by atoms with Crippen LogP contribution < -0.4 is 15.8 Å². The molecule has 0 saturated carbocycles. The molecule has 5 nitrogen and oxygen atoms in total. The lowest BCUT2D eigenvalue weighted by Crippen LogP contribution is -2.38. The fourth-order valence-corrected chi connectivity index (χ4v) is 3.66. The van der Waals surface area contributed by atoms with Crippen LogP contribution in [0.5, 0.6) is 5.75 Å². The Balaban J connectivity index is 1.75. The van der Waals surface area contributed by atoms with E-state index in [1.807, 2.05) is 31.2 Å². The third-order valence-electron chi connectivity index (χ3n) is 5.39. The van der Waals surface area contributed by atoms with E-state index in [0.29, 0.717) is 19.1 Å². The van der Waals surface area contributed by atoms with E-state index in [-0.39, 0.29) is 5.41 Å². The van der Waals surface area contributed by atoms with E-state index >= 15 is 0 Å². The normalized spacial score (nSPS) is 16.6. The topological polar surface area (TPSA) is 68.9 Å². The van der Waals surface area contributed by atoms with Crippen LogP contribution in [0.15, 0.2) is 53.5 Å². The number of nitrogens with one attached hydrogen (secondary N) is 1. The van der Waals surface area contributed by atoms with Crippen molar-refractivity contribution in [2.24, 2.45) is 10.7 Å². The van der Waals surface area contributed by atoms with Crippen molar-refractivity contribution in [1.29, 1.82) is 0 Å². The van der Waals surface area contributed by atoms with Crippen molar-refractivity contribution in [2.75, 3.05) is 31.7 Å². The second-order valence-corrected chi connectivity index (χ2v) is 7.23. The molecule has 1 aliphatic heterocycles. The number of anilines is 1. The highest BCUT2D eigenvalue weighted by molar-refractivity contribution is 5.92. The van der Waals surface area contributed by atoms with Gasteiger partial charge in [0.05, 0.1) is 13.2 Å². The summed E-state index contributed by atoms with van der Waals surface area (Å²) >= 11 is 0. The highest BCUT2D eigenvalue weighted by Gasteiger charge is 2.34. The molecule has 1 heterocycles. The van der Waals surface area contributed by atoms with Gasteiger partial charge in [0.1, 0.15) is 5.75 Å². The van der Waals surface area contributed by atoms with Gasteiger partial charge >= 0.3 is 0 Å². The molecular formula is C23H31N3O2. The van der Waals surface area contributed by atoms with Crippen molar-refractivity contribution in [3.8, 4) is 5.75 Å². The SMILES string of the molecule is CCOc1ccc(C2(CN=C(N)Nc3cccc(CC)c3)CCOCC2)cc1. The molecule has 3 rings (SSSR count). The largest absolute Gasteiger partial charge is 0.494 e. The maximum Gasteiger partial charge on any atom is 0.193 e. The van der Waals surface area contributed by atoms with Crippen LogP contribution in [0.2, 0.25) is 0 Å². The highest BCUT2D eigenvalue weighted by atomic mass is 16.5. The van der Waals surface area contributed by atoms with Gasteiger partial charge in [-0.05, 0) is 61.6 Å². The average molecular weight is 382 g/mol. The quantitative estimate of drug-likeness (QED) is 0.559. The Kier molecular flexibility index (Phi) is 6.93. The second kappa shape index (κ2) is 9.60. The molecule has 3 N–H and O–H groups in total. The molecule has 0 atom stereocenters. The van der Waals surface area contributed by atoms with Crippen LogP contribution in [0.3, 0.4) is 0 Å². The molecule has 150 valence electrons. The standard InChI is InChI=1S/C23H31N3O2/c1-3-18-6-5-7-20(16-18)26-22(24)25-17-23(12-14-27-15-13-23)19-8-10-21(11-9-19)28-4-2/h5-11,16H,3-4,12-15,17H2,1-2H3,(H3,24,25,26). The van der Waals surface area contributed by atoms with E-state index in [1.54, 1.807) is 0 Å². The zero-order valence-corrected chi connectivity index (χ0v) is 16.9. The van der Waals surface area contributed by atoms with E-state index in [9.17, 15) is 0 Å². The molecule has 0 unspecified atom stereocenters. The summed E-state index contributed by atoms with van der Waals surface area (Å²) in [5.41, 5.74) is 9.66. The van der Waals surface area contributed by atoms with Gasteiger partial charge < -0.3 is 20.5 Å². The molecular weight excluding hydrogens is 350 g/mol. The Morgan fingerprint density at radius 2 is 1.89 bits per heavy atom. The van der Waals surface area contributed by atoms with E-state index < -0.39 is 0 Å². The summed E-state index contributed by atoms with van der Waals surface area (Å²) in [6.45, 7) is 6.93. The molecule has 1 saturated heterocycles. The molecule has 1 aliphatic rings. The predicted octanol–water partition coefficient (Wildman–Crippen LogP) is 4.12. The van der Waals surface area contributed by atoms with Crippen molar-refractivity contribution in [3.63, 3.8) is 0 Å². The molecule has 0 radical (unpaired) electrons. The summed E-state index contributed by atoms with van der Waals surface area (Å²) < 4.78 is 11.2. The number of aliphatic imine (C=N–C) groups is 1. The zero-order valence-electron chi connectivity index (χ0n) is 16.9. The van der Waals surface area contributed by atoms with Gasteiger partial charge in [-0.3, -0.25) is 4.99 Å². The molecule has 0 spiro atoms. The van der Waals surface area contributed by atoms with Gasteiger partial charge in [-0.15, -0.1) is 0 Å². The first-order valence-corrected chi connectivity index (χ1v) is 10.1. The molecule has 5 heteroatoms. The van der Waals surface area contributed by atoms with Gasteiger partial charge in [-0.25, -0.2) is 0 Å². The van der Waals surface area contributed by atoms with E-state index in [1.165, 1.54) is 11.1 Å². The van der Waals surface area contributed by atoms with Gasteiger partial charge in [-0.1, -0.05) is 31.2 Å². The molecule has 0 aromatic heterocycles. The van der Waals surface area contributed by atoms with Crippen LogP contribution in [0, 0.1) is 0 Å². The number of nitrogens with two attached hydrogens (primary N) is 1.